The van der Waals surface area contributed by atoms with Crippen molar-refractivity contribution in [3.05, 3.63) is 70.3 Å². The van der Waals surface area contributed by atoms with Gasteiger partial charge in [0.1, 0.15) is 0 Å². The Morgan fingerprint density at radius 1 is 1.10 bits per heavy atom. The van der Waals surface area contributed by atoms with Gasteiger partial charge < -0.3 is 5.32 Å². The SMILES string of the molecule is Cc1cccc(NC(=O)C=Cc2ccc(Cl)cc2)c1C. The highest BCUT2D eigenvalue weighted by Gasteiger charge is 2.02. The predicted octanol–water partition coefficient (Wildman–Crippen LogP) is 4.61. The lowest BCUT2D eigenvalue weighted by molar-refractivity contribution is -0.111. The van der Waals surface area contributed by atoms with Gasteiger partial charge in [0.05, 0.1) is 0 Å². The van der Waals surface area contributed by atoms with Crippen LogP contribution in [0.4, 0.5) is 5.69 Å². The summed E-state index contributed by atoms with van der Waals surface area (Å²) in [7, 11) is 0. The van der Waals surface area contributed by atoms with E-state index >= 15 is 0 Å². The van der Waals surface area contributed by atoms with Gasteiger partial charge in [0, 0.05) is 16.8 Å². The molecule has 3 heteroatoms. The minimum Gasteiger partial charge on any atom is -0.322 e. The minimum absolute atomic E-state index is 0.145. The van der Waals surface area contributed by atoms with Gasteiger partial charge in [0.15, 0.2) is 0 Å². The molecule has 0 aromatic heterocycles. The molecule has 0 atom stereocenters. The fourth-order valence-corrected chi connectivity index (χ4v) is 1.93. The molecule has 0 saturated heterocycles. The van der Waals surface area contributed by atoms with Crippen LogP contribution >= 0.6 is 11.6 Å². The number of halogens is 1. The van der Waals surface area contributed by atoms with E-state index in [0.717, 1.165) is 22.4 Å². The van der Waals surface area contributed by atoms with Gasteiger partial charge in [-0.05, 0) is 54.8 Å². The number of hydrogen-bond acceptors (Lipinski definition) is 1. The van der Waals surface area contributed by atoms with Gasteiger partial charge in [-0.3, -0.25) is 4.79 Å². The van der Waals surface area contributed by atoms with Crippen molar-refractivity contribution in [3.63, 3.8) is 0 Å². The first kappa shape index (κ1) is 14.4. The molecule has 102 valence electrons. The lowest BCUT2D eigenvalue weighted by Gasteiger charge is -2.08. The van der Waals surface area contributed by atoms with Gasteiger partial charge in [-0.25, -0.2) is 0 Å². The van der Waals surface area contributed by atoms with Crippen molar-refractivity contribution in [2.24, 2.45) is 0 Å². The second kappa shape index (κ2) is 6.40. The quantitative estimate of drug-likeness (QED) is 0.820. The maximum absolute atomic E-state index is 11.9. The summed E-state index contributed by atoms with van der Waals surface area (Å²) in [4.78, 5) is 11.9. The molecule has 0 radical (unpaired) electrons. The van der Waals surface area contributed by atoms with Gasteiger partial charge in [-0.1, -0.05) is 35.9 Å². The van der Waals surface area contributed by atoms with Crippen LogP contribution in [0.25, 0.3) is 6.08 Å². The average Bonchev–Trinajstić information content (AvgIpc) is 2.43. The molecular formula is C17H16ClNO. The number of rotatable bonds is 3. The molecular weight excluding hydrogens is 270 g/mol. The van der Waals surface area contributed by atoms with E-state index in [1.54, 1.807) is 18.2 Å². The molecule has 0 spiro atoms. The summed E-state index contributed by atoms with van der Waals surface area (Å²) in [6.07, 6.45) is 3.28. The number of aryl methyl sites for hydroxylation is 1. The molecule has 20 heavy (non-hydrogen) atoms. The number of amides is 1. The van der Waals surface area contributed by atoms with Crippen molar-refractivity contribution in [2.45, 2.75) is 13.8 Å². The lowest BCUT2D eigenvalue weighted by Crippen LogP contribution is -2.09. The van der Waals surface area contributed by atoms with Crippen molar-refractivity contribution >= 4 is 29.3 Å². The lowest BCUT2D eigenvalue weighted by atomic mass is 10.1. The third-order valence-electron chi connectivity index (χ3n) is 3.16. The summed E-state index contributed by atoms with van der Waals surface area (Å²) in [6, 6.07) is 13.2. The second-order valence-electron chi connectivity index (χ2n) is 4.62. The Morgan fingerprint density at radius 3 is 2.50 bits per heavy atom. The molecule has 2 nitrogen and oxygen atoms in total. The highest BCUT2D eigenvalue weighted by Crippen LogP contribution is 2.18. The molecule has 0 heterocycles. The molecule has 0 saturated carbocycles. The molecule has 1 N–H and O–H groups in total. The predicted molar refractivity (Wildman–Crippen MR) is 85.0 cm³/mol. The Morgan fingerprint density at radius 2 is 1.80 bits per heavy atom. The topological polar surface area (TPSA) is 29.1 Å². The highest BCUT2D eigenvalue weighted by molar-refractivity contribution is 6.30. The largest absolute Gasteiger partial charge is 0.322 e. The number of carbonyl (C=O) groups excluding carboxylic acids is 1. The molecule has 0 unspecified atom stereocenters. The van der Waals surface area contributed by atoms with Crippen LogP contribution in [0.3, 0.4) is 0 Å². The first-order valence-corrected chi connectivity index (χ1v) is 6.75. The number of anilines is 1. The zero-order chi connectivity index (χ0) is 14.5. The van der Waals surface area contributed by atoms with Crippen LogP contribution in [0.1, 0.15) is 16.7 Å². The second-order valence-corrected chi connectivity index (χ2v) is 5.06. The Balaban J connectivity index is 2.05. The summed E-state index contributed by atoms with van der Waals surface area (Å²) in [5, 5.41) is 3.56. The molecule has 0 aliphatic heterocycles. The molecule has 0 aliphatic rings. The third-order valence-corrected chi connectivity index (χ3v) is 3.41. The molecule has 2 rings (SSSR count). The number of benzene rings is 2. The maximum atomic E-state index is 11.9. The Hall–Kier alpha value is -2.06. The zero-order valence-electron chi connectivity index (χ0n) is 11.5. The van der Waals surface area contributed by atoms with Gasteiger partial charge in [-0.15, -0.1) is 0 Å². The maximum Gasteiger partial charge on any atom is 0.248 e. The standard InChI is InChI=1S/C17H16ClNO/c1-12-4-3-5-16(13(12)2)19-17(20)11-8-14-6-9-15(18)10-7-14/h3-11H,1-2H3,(H,19,20). The summed E-state index contributed by atoms with van der Waals surface area (Å²) in [6.45, 7) is 4.02. The van der Waals surface area contributed by atoms with Gasteiger partial charge in [0.2, 0.25) is 5.91 Å². The molecule has 0 aliphatic carbocycles. The first-order chi connectivity index (χ1) is 9.56. The Labute approximate surface area is 124 Å². The Kier molecular flexibility index (Phi) is 4.59. The van der Waals surface area contributed by atoms with Crippen molar-refractivity contribution in [1.82, 2.24) is 0 Å². The molecule has 0 bridgehead atoms. The van der Waals surface area contributed by atoms with Crippen molar-refractivity contribution in [2.75, 3.05) is 5.32 Å². The van der Waals surface area contributed by atoms with Crippen LogP contribution in [0.15, 0.2) is 48.5 Å². The van der Waals surface area contributed by atoms with E-state index in [0.29, 0.717) is 5.02 Å². The highest BCUT2D eigenvalue weighted by atomic mass is 35.5. The van der Waals surface area contributed by atoms with Gasteiger partial charge >= 0.3 is 0 Å². The number of carbonyl (C=O) groups is 1. The number of hydrogen-bond donors (Lipinski definition) is 1. The van der Waals surface area contributed by atoms with E-state index < -0.39 is 0 Å². The van der Waals surface area contributed by atoms with Gasteiger partial charge in [0.25, 0.3) is 0 Å². The zero-order valence-corrected chi connectivity index (χ0v) is 12.2. The Bertz CT molecular complexity index is 645. The summed E-state index contributed by atoms with van der Waals surface area (Å²) < 4.78 is 0. The molecule has 1 amide bonds. The van der Waals surface area contributed by atoms with Crippen LogP contribution in [0.5, 0.6) is 0 Å². The summed E-state index contributed by atoms with van der Waals surface area (Å²) in [5.41, 5.74) is 4.02. The fourth-order valence-electron chi connectivity index (χ4n) is 1.81. The van der Waals surface area contributed by atoms with Crippen LogP contribution in [-0.2, 0) is 4.79 Å². The normalized spacial score (nSPS) is 10.8. The summed E-state index contributed by atoms with van der Waals surface area (Å²) >= 11 is 5.81. The van der Waals surface area contributed by atoms with Crippen LogP contribution in [-0.4, -0.2) is 5.91 Å². The van der Waals surface area contributed by atoms with E-state index in [9.17, 15) is 4.79 Å². The summed E-state index contributed by atoms with van der Waals surface area (Å²) in [5.74, 6) is -0.145. The smallest absolute Gasteiger partial charge is 0.248 e. The van der Waals surface area contributed by atoms with Crippen LogP contribution < -0.4 is 5.32 Å². The third kappa shape index (κ3) is 3.72. The van der Waals surface area contributed by atoms with E-state index in [1.807, 2.05) is 44.2 Å². The first-order valence-electron chi connectivity index (χ1n) is 6.37. The average molecular weight is 286 g/mol. The van der Waals surface area contributed by atoms with E-state index in [-0.39, 0.29) is 5.91 Å². The van der Waals surface area contributed by atoms with Crippen molar-refractivity contribution < 1.29 is 4.79 Å². The number of nitrogens with one attached hydrogen (secondary N) is 1. The fraction of sp³-hybridized carbons (Fsp3) is 0.118. The van der Waals surface area contributed by atoms with Crippen LogP contribution in [0, 0.1) is 13.8 Å². The van der Waals surface area contributed by atoms with E-state index in [2.05, 4.69) is 5.32 Å². The van der Waals surface area contributed by atoms with E-state index in [1.165, 1.54) is 6.08 Å². The van der Waals surface area contributed by atoms with Crippen molar-refractivity contribution in [3.8, 4) is 0 Å². The van der Waals surface area contributed by atoms with Gasteiger partial charge in [-0.2, -0.15) is 0 Å². The van der Waals surface area contributed by atoms with E-state index in [4.69, 9.17) is 11.6 Å². The van der Waals surface area contributed by atoms with Crippen LogP contribution in [0.2, 0.25) is 5.02 Å². The van der Waals surface area contributed by atoms with Crippen molar-refractivity contribution in [1.29, 1.82) is 0 Å². The monoisotopic (exact) mass is 285 g/mol. The minimum atomic E-state index is -0.145. The molecule has 2 aromatic carbocycles. The molecule has 2 aromatic rings. The molecule has 0 fully saturated rings.